The third-order valence-corrected chi connectivity index (χ3v) is 5.64. The molecule has 2 heterocycles. The summed E-state index contributed by atoms with van der Waals surface area (Å²) in [6, 6.07) is 1.31. The number of sulfonamides is 1. The van der Waals surface area contributed by atoms with Gasteiger partial charge in [0.1, 0.15) is 0 Å². The fourth-order valence-corrected chi connectivity index (χ4v) is 3.38. The molecule has 1 aromatic rings. The molecule has 0 saturated carbocycles. The molecule has 1 atom stereocenters. The van der Waals surface area contributed by atoms with Crippen molar-refractivity contribution in [2.24, 2.45) is 0 Å². The molecule has 0 unspecified atom stereocenters. The van der Waals surface area contributed by atoms with Crippen molar-refractivity contribution in [3.05, 3.63) is 18.5 Å². The van der Waals surface area contributed by atoms with Gasteiger partial charge in [-0.25, -0.2) is 18.4 Å². The van der Waals surface area contributed by atoms with Gasteiger partial charge < -0.3 is 0 Å². The Morgan fingerprint density at radius 3 is 2.41 bits per heavy atom. The molecule has 0 radical (unpaired) electrons. The standard InChI is InChI=1S/C13H21N5O3S/c1-3-22(20,21)18-9-7-17(8-10-18)11(2)12(19)16-13-14-5-4-6-15-13/h4-6,11H,3,7-10H2,1-2H3,(H,14,15,16,19)/t11-/m1/s1. The van der Waals surface area contributed by atoms with Crippen molar-refractivity contribution in [3.8, 4) is 0 Å². The lowest BCUT2D eigenvalue weighted by Gasteiger charge is -2.36. The van der Waals surface area contributed by atoms with Crippen molar-refractivity contribution < 1.29 is 13.2 Å². The molecule has 0 aromatic carbocycles. The molecule has 0 bridgehead atoms. The molecule has 22 heavy (non-hydrogen) atoms. The zero-order valence-electron chi connectivity index (χ0n) is 12.8. The number of hydrogen-bond donors (Lipinski definition) is 1. The van der Waals surface area contributed by atoms with E-state index in [4.69, 9.17) is 0 Å². The van der Waals surface area contributed by atoms with Gasteiger partial charge in [-0.3, -0.25) is 15.0 Å². The van der Waals surface area contributed by atoms with Crippen LogP contribution in [0, 0.1) is 0 Å². The molecule has 1 aliphatic heterocycles. The van der Waals surface area contributed by atoms with Gasteiger partial charge in [0, 0.05) is 38.6 Å². The lowest BCUT2D eigenvalue weighted by molar-refractivity contribution is -0.121. The van der Waals surface area contributed by atoms with Crippen LogP contribution in [-0.2, 0) is 14.8 Å². The third kappa shape index (κ3) is 3.99. The molecule has 122 valence electrons. The van der Waals surface area contributed by atoms with Crippen LogP contribution in [0.2, 0.25) is 0 Å². The van der Waals surface area contributed by atoms with E-state index in [9.17, 15) is 13.2 Å². The van der Waals surface area contributed by atoms with Crippen LogP contribution in [0.5, 0.6) is 0 Å². The summed E-state index contributed by atoms with van der Waals surface area (Å²) in [5, 5.41) is 2.66. The van der Waals surface area contributed by atoms with Crippen molar-refractivity contribution in [2.45, 2.75) is 19.9 Å². The Bertz CT molecular complexity index is 599. The third-order valence-electron chi connectivity index (χ3n) is 3.76. The van der Waals surface area contributed by atoms with Gasteiger partial charge in [-0.15, -0.1) is 0 Å². The van der Waals surface area contributed by atoms with E-state index in [0.29, 0.717) is 26.2 Å². The molecule has 1 N–H and O–H groups in total. The molecule has 2 rings (SSSR count). The molecule has 0 spiro atoms. The number of carbonyl (C=O) groups is 1. The smallest absolute Gasteiger partial charge is 0.243 e. The van der Waals surface area contributed by atoms with Gasteiger partial charge in [0.05, 0.1) is 11.8 Å². The highest BCUT2D eigenvalue weighted by Gasteiger charge is 2.30. The maximum Gasteiger partial charge on any atom is 0.243 e. The van der Waals surface area contributed by atoms with E-state index in [1.807, 2.05) is 4.90 Å². The number of rotatable bonds is 5. The van der Waals surface area contributed by atoms with Gasteiger partial charge in [-0.2, -0.15) is 4.31 Å². The van der Waals surface area contributed by atoms with Crippen LogP contribution in [0.1, 0.15) is 13.8 Å². The van der Waals surface area contributed by atoms with Crippen molar-refractivity contribution in [1.29, 1.82) is 0 Å². The van der Waals surface area contributed by atoms with Gasteiger partial charge in [-0.05, 0) is 19.9 Å². The maximum atomic E-state index is 12.2. The van der Waals surface area contributed by atoms with E-state index < -0.39 is 10.0 Å². The molecule has 1 amide bonds. The fourth-order valence-electron chi connectivity index (χ4n) is 2.30. The average molecular weight is 327 g/mol. The minimum absolute atomic E-state index is 0.106. The number of nitrogens with zero attached hydrogens (tertiary/aromatic N) is 4. The largest absolute Gasteiger partial charge is 0.293 e. The predicted molar refractivity (Wildman–Crippen MR) is 82.7 cm³/mol. The second kappa shape index (κ2) is 7.12. The van der Waals surface area contributed by atoms with Crippen LogP contribution >= 0.6 is 0 Å². The summed E-state index contributed by atoms with van der Waals surface area (Å²) in [6.45, 7) is 5.32. The van der Waals surface area contributed by atoms with Gasteiger partial charge >= 0.3 is 0 Å². The van der Waals surface area contributed by atoms with Gasteiger partial charge in [0.15, 0.2) is 0 Å². The van der Waals surface area contributed by atoms with E-state index in [0.717, 1.165) is 0 Å². The first-order chi connectivity index (χ1) is 10.4. The normalized spacial score (nSPS) is 18.8. The van der Waals surface area contributed by atoms with Crippen LogP contribution in [0.25, 0.3) is 0 Å². The molecule has 8 nitrogen and oxygen atoms in total. The molecule has 1 aliphatic rings. The highest BCUT2D eigenvalue weighted by Crippen LogP contribution is 2.11. The Kier molecular flexibility index (Phi) is 5.43. The summed E-state index contributed by atoms with van der Waals surface area (Å²) in [7, 11) is -3.15. The van der Waals surface area contributed by atoms with Gasteiger partial charge in [-0.1, -0.05) is 0 Å². The number of hydrogen-bond acceptors (Lipinski definition) is 6. The fraction of sp³-hybridized carbons (Fsp3) is 0.615. The Labute approximate surface area is 130 Å². The Morgan fingerprint density at radius 2 is 1.86 bits per heavy atom. The van der Waals surface area contributed by atoms with E-state index in [1.165, 1.54) is 4.31 Å². The van der Waals surface area contributed by atoms with Crippen molar-refractivity contribution in [1.82, 2.24) is 19.2 Å². The van der Waals surface area contributed by atoms with Crippen molar-refractivity contribution in [2.75, 3.05) is 37.2 Å². The molecule has 1 aromatic heterocycles. The number of carbonyl (C=O) groups excluding carboxylic acids is 1. The minimum atomic E-state index is -3.15. The van der Waals surface area contributed by atoms with Crippen molar-refractivity contribution >= 4 is 21.9 Å². The molecule has 1 fully saturated rings. The Hall–Kier alpha value is -1.58. The molecule has 1 saturated heterocycles. The number of anilines is 1. The summed E-state index contributed by atoms with van der Waals surface area (Å²) < 4.78 is 25.1. The molecular formula is C13H21N5O3S. The van der Waals surface area contributed by atoms with Gasteiger partial charge in [0.2, 0.25) is 21.9 Å². The lowest BCUT2D eigenvalue weighted by Crippen LogP contribution is -2.54. The second-order valence-corrected chi connectivity index (χ2v) is 7.33. The summed E-state index contributed by atoms with van der Waals surface area (Å²) >= 11 is 0. The zero-order chi connectivity index (χ0) is 16.2. The predicted octanol–water partition coefficient (Wildman–Crippen LogP) is -0.229. The van der Waals surface area contributed by atoms with Crippen LogP contribution in [0.3, 0.4) is 0 Å². The number of amides is 1. The average Bonchev–Trinajstić information content (AvgIpc) is 2.55. The monoisotopic (exact) mass is 327 g/mol. The van der Waals surface area contributed by atoms with E-state index in [2.05, 4.69) is 15.3 Å². The maximum absolute atomic E-state index is 12.2. The summed E-state index contributed by atoms with van der Waals surface area (Å²) in [5.41, 5.74) is 0. The number of piperazine rings is 1. The van der Waals surface area contributed by atoms with Crippen LogP contribution in [0.15, 0.2) is 18.5 Å². The zero-order valence-corrected chi connectivity index (χ0v) is 13.6. The summed E-state index contributed by atoms with van der Waals surface area (Å²) in [4.78, 5) is 22.0. The minimum Gasteiger partial charge on any atom is -0.293 e. The van der Waals surface area contributed by atoms with Gasteiger partial charge in [0.25, 0.3) is 0 Å². The first-order valence-electron chi connectivity index (χ1n) is 7.24. The highest BCUT2D eigenvalue weighted by molar-refractivity contribution is 7.89. The van der Waals surface area contributed by atoms with Crippen LogP contribution in [-0.4, -0.2) is 71.5 Å². The SMILES string of the molecule is CCS(=O)(=O)N1CCN([C@H](C)C(=O)Nc2ncccn2)CC1. The van der Waals surface area contributed by atoms with Crippen molar-refractivity contribution in [3.63, 3.8) is 0 Å². The number of aromatic nitrogens is 2. The van der Waals surface area contributed by atoms with Crippen LogP contribution < -0.4 is 5.32 Å². The number of nitrogens with one attached hydrogen (secondary N) is 1. The Morgan fingerprint density at radius 1 is 1.27 bits per heavy atom. The first-order valence-corrected chi connectivity index (χ1v) is 8.84. The molecular weight excluding hydrogens is 306 g/mol. The summed E-state index contributed by atoms with van der Waals surface area (Å²) in [5.74, 6) is 0.179. The van der Waals surface area contributed by atoms with E-state index in [1.54, 1.807) is 32.3 Å². The lowest BCUT2D eigenvalue weighted by atomic mass is 10.2. The molecule has 0 aliphatic carbocycles. The quantitative estimate of drug-likeness (QED) is 0.803. The van der Waals surface area contributed by atoms with Crippen LogP contribution in [0.4, 0.5) is 5.95 Å². The highest BCUT2D eigenvalue weighted by atomic mass is 32.2. The topological polar surface area (TPSA) is 95.5 Å². The van der Waals surface area contributed by atoms with E-state index >= 15 is 0 Å². The molecule has 9 heteroatoms. The Balaban J connectivity index is 1.89. The second-order valence-electron chi connectivity index (χ2n) is 5.07. The van der Waals surface area contributed by atoms with E-state index in [-0.39, 0.29) is 23.7 Å². The first kappa shape index (κ1) is 16.8. The summed E-state index contributed by atoms with van der Waals surface area (Å²) in [6.07, 6.45) is 3.11.